The van der Waals surface area contributed by atoms with Crippen LogP contribution in [0, 0.1) is 10.1 Å². The zero-order valence-electron chi connectivity index (χ0n) is 11.4. The van der Waals surface area contributed by atoms with Crippen molar-refractivity contribution in [2.75, 3.05) is 6.61 Å². The molecule has 22 heavy (non-hydrogen) atoms. The van der Waals surface area contributed by atoms with Crippen LogP contribution in [0.3, 0.4) is 0 Å². The van der Waals surface area contributed by atoms with Gasteiger partial charge in [0.1, 0.15) is 5.75 Å². The van der Waals surface area contributed by atoms with Crippen molar-refractivity contribution in [1.82, 2.24) is 10.4 Å². The van der Waals surface area contributed by atoms with Crippen LogP contribution in [0.1, 0.15) is 5.56 Å². The number of nitrogens with one attached hydrogen (secondary N) is 1. The van der Waals surface area contributed by atoms with Crippen molar-refractivity contribution in [2.45, 2.75) is 0 Å². The molecule has 0 atom stereocenters. The third kappa shape index (κ3) is 4.67. The largest absolute Gasteiger partial charge is 0.484 e. The van der Waals surface area contributed by atoms with Gasteiger partial charge in [-0.05, 0) is 18.2 Å². The van der Waals surface area contributed by atoms with Gasteiger partial charge < -0.3 is 4.74 Å². The Balaban J connectivity index is 1.78. The first-order chi connectivity index (χ1) is 10.6. The van der Waals surface area contributed by atoms with Gasteiger partial charge in [0.25, 0.3) is 11.6 Å². The highest BCUT2D eigenvalue weighted by Crippen LogP contribution is 2.16. The summed E-state index contributed by atoms with van der Waals surface area (Å²) in [6.45, 7) is -0.248. The number of ether oxygens (including phenoxy) is 1. The van der Waals surface area contributed by atoms with Crippen LogP contribution in [0.25, 0.3) is 0 Å². The molecule has 2 aromatic rings. The zero-order chi connectivity index (χ0) is 15.8. The van der Waals surface area contributed by atoms with Crippen LogP contribution in [0.5, 0.6) is 5.75 Å². The lowest BCUT2D eigenvalue weighted by atomic mass is 10.3. The molecule has 112 valence electrons. The number of carbonyl (C=O) groups is 1. The maximum atomic E-state index is 11.5. The number of nitrogens with zero attached hydrogens (tertiary/aromatic N) is 3. The van der Waals surface area contributed by atoms with Gasteiger partial charge in [0.15, 0.2) is 6.61 Å². The molecule has 0 fully saturated rings. The van der Waals surface area contributed by atoms with E-state index in [-0.39, 0.29) is 12.3 Å². The van der Waals surface area contributed by atoms with Crippen LogP contribution in [0.2, 0.25) is 0 Å². The summed E-state index contributed by atoms with van der Waals surface area (Å²) < 4.78 is 5.18. The van der Waals surface area contributed by atoms with Gasteiger partial charge in [-0.25, -0.2) is 5.43 Å². The molecule has 0 aliphatic rings. The Labute approximate surface area is 125 Å². The summed E-state index contributed by atoms with van der Waals surface area (Å²) in [5, 5.41) is 14.3. The van der Waals surface area contributed by atoms with E-state index >= 15 is 0 Å². The molecule has 0 spiro atoms. The Morgan fingerprint density at radius 1 is 1.36 bits per heavy atom. The molecule has 0 unspecified atom stereocenters. The molecule has 1 aromatic carbocycles. The normalized spacial score (nSPS) is 10.4. The van der Waals surface area contributed by atoms with E-state index in [1.54, 1.807) is 24.5 Å². The smallest absolute Gasteiger partial charge is 0.277 e. The van der Waals surface area contributed by atoms with Crippen molar-refractivity contribution in [2.24, 2.45) is 5.10 Å². The molecule has 8 nitrogen and oxygen atoms in total. The first-order valence-electron chi connectivity index (χ1n) is 6.24. The Morgan fingerprint density at radius 3 is 2.77 bits per heavy atom. The Morgan fingerprint density at radius 2 is 2.14 bits per heavy atom. The van der Waals surface area contributed by atoms with Gasteiger partial charge >= 0.3 is 0 Å². The minimum Gasteiger partial charge on any atom is -0.484 e. The highest BCUT2D eigenvalue weighted by atomic mass is 16.6. The number of pyridine rings is 1. The second kappa shape index (κ2) is 7.48. The number of rotatable bonds is 6. The second-order valence-corrected chi connectivity index (χ2v) is 4.12. The molecule has 1 aromatic heterocycles. The van der Waals surface area contributed by atoms with Gasteiger partial charge in [-0.1, -0.05) is 6.07 Å². The Bertz CT molecular complexity index is 671. The topological polar surface area (TPSA) is 107 Å². The monoisotopic (exact) mass is 300 g/mol. The molecule has 1 N–H and O–H groups in total. The molecule has 0 bridgehead atoms. The number of benzene rings is 1. The molecule has 0 saturated carbocycles. The number of carbonyl (C=O) groups excluding carboxylic acids is 1. The lowest BCUT2D eigenvalue weighted by Gasteiger charge is -2.04. The minimum absolute atomic E-state index is 0.0436. The van der Waals surface area contributed by atoms with E-state index in [9.17, 15) is 14.9 Å². The second-order valence-electron chi connectivity index (χ2n) is 4.12. The fraction of sp³-hybridized carbons (Fsp3) is 0.0714. The summed E-state index contributed by atoms with van der Waals surface area (Å²) in [6.07, 6.45) is 4.69. The van der Waals surface area contributed by atoms with Gasteiger partial charge in [0, 0.05) is 30.1 Å². The van der Waals surface area contributed by atoms with E-state index < -0.39 is 10.8 Å². The number of non-ortho nitro benzene ring substituents is 1. The average Bonchev–Trinajstić information content (AvgIpc) is 2.54. The van der Waals surface area contributed by atoms with Crippen molar-refractivity contribution in [1.29, 1.82) is 0 Å². The molecular formula is C14H12N4O4. The number of hydrazone groups is 1. The van der Waals surface area contributed by atoms with E-state index in [2.05, 4.69) is 15.5 Å². The fourth-order valence-corrected chi connectivity index (χ4v) is 1.48. The number of aromatic nitrogens is 1. The number of amides is 1. The van der Waals surface area contributed by atoms with Crippen molar-refractivity contribution in [3.8, 4) is 5.75 Å². The van der Waals surface area contributed by atoms with Crippen LogP contribution < -0.4 is 10.2 Å². The minimum atomic E-state index is -0.510. The molecule has 1 heterocycles. The molecule has 0 aliphatic carbocycles. The summed E-state index contributed by atoms with van der Waals surface area (Å²) in [6, 6.07) is 8.98. The first kappa shape index (κ1) is 15.1. The van der Waals surface area contributed by atoms with Gasteiger partial charge in [0.05, 0.1) is 11.1 Å². The van der Waals surface area contributed by atoms with Gasteiger partial charge in [-0.3, -0.25) is 19.9 Å². The highest BCUT2D eigenvalue weighted by Gasteiger charge is 2.05. The van der Waals surface area contributed by atoms with Gasteiger partial charge in [-0.15, -0.1) is 0 Å². The molecule has 8 heteroatoms. The SMILES string of the molecule is O=C(COc1ccc([N+](=O)[O-])cc1)N/N=C\c1cccnc1. The molecular weight excluding hydrogens is 288 g/mol. The van der Waals surface area contributed by atoms with Gasteiger partial charge in [0.2, 0.25) is 0 Å². The van der Waals surface area contributed by atoms with Crippen molar-refractivity contribution < 1.29 is 14.5 Å². The Hall–Kier alpha value is -3.29. The summed E-state index contributed by atoms with van der Waals surface area (Å²) in [5.74, 6) is -0.0875. The molecule has 0 radical (unpaired) electrons. The van der Waals surface area contributed by atoms with E-state index in [1.807, 2.05) is 0 Å². The first-order valence-corrected chi connectivity index (χ1v) is 6.24. The standard InChI is InChI=1S/C14H12N4O4/c19-14(17-16-9-11-2-1-7-15-8-11)10-22-13-5-3-12(4-6-13)18(20)21/h1-9H,10H2,(H,17,19)/b16-9-. The van der Waals surface area contributed by atoms with Crippen molar-refractivity contribution in [3.63, 3.8) is 0 Å². The third-order valence-electron chi connectivity index (χ3n) is 2.50. The number of nitro benzene ring substituents is 1. The predicted molar refractivity (Wildman–Crippen MR) is 78.6 cm³/mol. The highest BCUT2D eigenvalue weighted by molar-refractivity contribution is 5.82. The van der Waals surface area contributed by atoms with Crippen LogP contribution in [0.15, 0.2) is 53.9 Å². The van der Waals surface area contributed by atoms with Crippen LogP contribution in [-0.4, -0.2) is 28.6 Å². The van der Waals surface area contributed by atoms with Crippen molar-refractivity contribution in [3.05, 3.63) is 64.5 Å². The summed E-state index contributed by atoms with van der Waals surface area (Å²) in [5.41, 5.74) is 3.01. The maximum absolute atomic E-state index is 11.5. The maximum Gasteiger partial charge on any atom is 0.277 e. The van der Waals surface area contributed by atoms with E-state index in [4.69, 9.17) is 4.74 Å². The number of hydrogen-bond acceptors (Lipinski definition) is 6. The summed E-state index contributed by atoms with van der Waals surface area (Å²) in [4.78, 5) is 25.4. The molecule has 0 aliphatic heterocycles. The molecule has 2 rings (SSSR count). The number of nitro groups is 1. The lowest BCUT2D eigenvalue weighted by molar-refractivity contribution is -0.384. The summed E-state index contributed by atoms with van der Waals surface area (Å²) in [7, 11) is 0. The predicted octanol–water partition coefficient (Wildman–Crippen LogP) is 1.52. The van der Waals surface area contributed by atoms with Crippen molar-refractivity contribution >= 4 is 17.8 Å². The van der Waals surface area contributed by atoms with E-state index in [0.29, 0.717) is 5.75 Å². The van der Waals surface area contributed by atoms with Crippen LogP contribution in [-0.2, 0) is 4.79 Å². The molecule has 0 saturated heterocycles. The van der Waals surface area contributed by atoms with E-state index in [1.165, 1.54) is 30.5 Å². The number of hydrogen-bond donors (Lipinski definition) is 1. The molecule has 1 amide bonds. The quantitative estimate of drug-likeness (QED) is 0.494. The van der Waals surface area contributed by atoms with Crippen LogP contribution in [0.4, 0.5) is 5.69 Å². The summed E-state index contributed by atoms with van der Waals surface area (Å²) >= 11 is 0. The Kier molecular flexibility index (Phi) is 5.14. The zero-order valence-corrected chi connectivity index (χ0v) is 11.4. The van der Waals surface area contributed by atoms with E-state index in [0.717, 1.165) is 5.56 Å². The lowest BCUT2D eigenvalue weighted by Crippen LogP contribution is -2.24. The fourth-order valence-electron chi connectivity index (χ4n) is 1.48. The average molecular weight is 300 g/mol. The third-order valence-corrected chi connectivity index (χ3v) is 2.50. The van der Waals surface area contributed by atoms with Gasteiger partial charge in [-0.2, -0.15) is 5.10 Å². The van der Waals surface area contributed by atoms with Crippen LogP contribution >= 0.6 is 0 Å².